The van der Waals surface area contributed by atoms with Crippen LogP contribution in [0.15, 0.2) is 0 Å². The largest absolute Gasteiger partial charge is 0.325 e. The Morgan fingerprint density at radius 3 is 2.28 bits per heavy atom. The molecule has 2 aliphatic rings. The van der Waals surface area contributed by atoms with Gasteiger partial charge in [0.1, 0.15) is 0 Å². The molecule has 0 aromatic heterocycles. The number of hydrogen-bond acceptors (Lipinski definition) is 2. The highest BCUT2D eigenvalue weighted by atomic mass is 16.2. The lowest BCUT2D eigenvalue weighted by Crippen LogP contribution is -2.49. The van der Waals surface area contributed by atoms with E-state index in [-0.39, 0.29) is 6.03 Å². The molecule has 2 fully saturated rings. The Balaban J connectivity index is 1.73. The molecule has 0 aromatic rings. The standard InChI is InChI=1S/C14H27N3O/c1-2-15-12-13-6-10-17(11-7-13)14(18)16-8-4-3-5-9-16/h13,15H,2-12H2,1H3. The number of likely N-dealkylation sites (tertiary alicyclic amines) is 2. The maximum atomic E-state index is 12.3. The molecule has 0 atom stereocenters. The molecule has 2 saturated heterocycles. The molecule has 2 aliphatic heterocycles. The van der Waals surface area contributed by atoms with Crippen molar-refractivity contribution in [2.24, 2.45) is 5.92 Å². The number of hydrogen-bond donors (Lipinski definition) is 1. The second kappa shape index (κ2) is 6.98. The van der Waals surface area contributed by atoms with E-state index in [1.807, 2.05) is 4.90 Å². The molecule has 18 heavy (non-hydrogen) atoms. The third kappa shape index (κ3) is 3.61. The summed E-state index contributed by atoms with van der Waals surface area (Å²) in [7, 11) is 0. The first-order valence-electron chi connectivity index (χ1n) is 7.56. The quantitative estimate of drug-likeness (QED) is 0.834. The molecule has 4 heteroatoms. The molecule has 0 spiro atoms. The van der Waals surface area contributed by atoms with Gasteiger partial charge in [-0.15, -0.1) is 0 Å². The molecule has 1 N–H and O–H groups in total. The molecule has 0 saturated carbocycles. The van der Waals surface area contributed by atoms with Crippen LogP contribution < -0.4 is 5.32 Å². The molecule has 0 aliphatic carbocycles. The minimum atomic E-state index is 0.289. The van der Waals surface area contributed by atoms with Crippen LogP contribution in [0.4, 0.5) is 4.79 Å². The number of urea groups is 1. The maximum Gasteiger partial charge on any atom is 0.319 e. The molecule has 2 heterocycles. The number of piperidine rings is 2. The summed E-state index contributed by atoms with van der Waals surface area (Å²) < 4.78 is 0. The van der Waals surface area contributed by atoms with E-state index in [9.17, 15) is 4.79 Å². The number of nitrogens with one attached hydrogen (secondary N) is 1. The molecule has 2 amide bonds. The highest BCUT2D eigenvalue weighted by Gasteiger charge is 2.26. The van der Waals surface area contributed by atoms with Gasteiger partial charge >= 0.3 is 6.03 Å². The maximum absolute atomic E-state index is 12.3. The molecule has 2 rings (SSSR count). The van der Waals surface area contributed by atoms with Crippen molar-refractivity contribution in [3.8, 4) is 0 Å². The van der Waals surface area contributed by atoms with Crippen molar-refractivity contribution in [3.05, 3.63) is 0 Å². The van der Waals surface area contributed by atoms with Gasteiger partial charge < -0.3 is 15.1 Å². The fourth-order valence-electron chi connectivity index (χ4n) is 2.96. The van der Waals surface area contributed by atoms with Crippen LogP contribution in [0.2, 0.25) is 0 Å². The van der Waals surface area contributed by atoms with E-state index in [1.165, 1.54) is 19.3 Å². The van der Waals surface area contributed by atoms with Gasteiger partial charge in [0.05, 0.1) is 0 Å². The number of amides is 2. The van der Waals surface area contributed by atoms with E-state index in [4.69, 9.17) is 0 Å². The van der Waals surface area contributed by atoms with Gasteiger partial charge in [-0.3, -0.25) is 0 Å². The predicted octanol–water partition coefficient (Wildman–Crippen LogP) is 1.91. The first kappa shape index (κ1) is 13.7. The molecular formula is C14H27N3O. The Bertz CT molecular complexity index is 256. The number of rotatable bonds is 3. The molecule has 0 bridgehead atoms. The van der Waals surface area contributed by atoms with Gasteiger partial charge in [-0.05, 0) is 51.1 Å². The van der Waals surface area contributed by atoms with Crippen LogP contribution in [0.25, 0.3) is 0 Å². The lowest BCUT2D eigenvalue weighted by atomic mass is 9.97. The van der Waals surface area contributed by atoms with Gasteiger partial charge in [-0.1, -0.05) is 6.92 Å². The average Bonchev–Trinajstić information content (AvgIpc) is 2.46. The van der Waals surface area contributed by atoms with Gasteiger partial charge in [0.25, 0.3) is 0 Å². The van der Waals surface area contributed by atoms with Gasteiger partial charge in [-0.25, -0.2) is 4.79 Å². The van der Waals surface area contributed by atoms with E-state index in [1.54, 1.807) is 0 Å². The zero-order valence-corrected chi connectivity index (χ0v) is 11.7. The number of carbonyl (C=O) groups is 1. The smallest absolute Gasteiger partial charge is 0.319 e. The van der Waals surface area contributed by atoms with Crippen molar-refractivity contribution in [2.45, 2.75) is 39.0 Å². The molecular weight excluding hydrogens is 226 g/mol. The predicted molar refractivity (Wildman–Crippen MR) is 73.7 cm³/mol. The molecule has 0 aromatic carbocycles. The number of nitrogens with zero attached hydrogens (tertiary/aromatic N) is 2. The Morgan fingerprint density at radius 2 is 1.67 bits per heavy atom. The van der Waals surface area contributed by atoms with Crippen LogP contribution in [0.5, 0.6) is 0 Å². The van der Waals surface area contributed by atoms with Gasteiger partial charge in [0, 0.05) is 26.2 Å². The third-order valence-corrected chi connectivity index (χ3v) is 4.19. The Labute approximate surface area is 111 Å². The summed E-state index contributed by atoms with van der Waals surface area (Å²) in [6.07, 6.45) is 5.97. The third-order valence-electron chi connectivity index (χ3n) is 4.19. The van der Waals surface area contributed by atoms with Crippen molar-refractivity contribution in [2.75, 3.05) is 39.3 Å². The van der Waals surface area contributed by atoms with Crippen LogP contribution in [0.1, 0.15) is 39.0 Å². The topological polar surface area (TPSA) is 35.6 Å². The average molecular weight is 253 g/mol. The highest BCUT2D eigenvalue weighted by molar-refractivity contribution is 5.74. The van der Waals surface area contributed by atoms with Crippen molar-refractivity contribution in [1.29, 1.82) is 0 Å². The van der Waals surface area contributed by atoms with Crippen molar-refractivity contribution in [3.63, 3.8) is 0 Å². The Hall–Kier alpha value is -0.770. The fraction of sp³-hybridized carbons (Fsp3) is 0.929. The van der Waals surface area contributed by atoms with Gasteiger partial charge in [0.2, 0.25) is 0 Å². The van der Waals surface area contributed by atoms with Crippen LogP contribution in [0, 0.1) is 5.92 Å². The first-order valence-corrected chi connectivity index (χ1v) is 7.56. The van der Waals surface area contributed by atoms with Gasteiger partial charge in [-0.2, -0.15) is 0 Å². The summed E-state index contributed by atoms with van der Waals surface area (Å²) in [5.41, 5.74) is 0. The summed E-state index contributed by atoms with van der Waals surface area (Å²) in [5.74, 6) is 0.760. The van der Waals surface area contributed by atoms with Crippen molar-refractivity contribution < 1.29 is 4.79 Å². The number of carbonyl (C=O) groups excluding carboxylic acids is 1. The van der Waals surface area contributed by atoms with Crippen molar-refractivity contribution >= 4 is 6.03 Å². The molecule has 0 radical (unpaired) electrons. The van der Waals surface area contributed by atoms with E-state index < -0.39 is 0 Å². The van der Waals surface area contributed by atoms with E-state index >= 15 is 0 Å². The van der Waals surface area contributed by atoms with Gasteiger partial charge in [0.15, 0.2) is 0 Å². The SMILES string of the molecule is CCNCC1CCN(C(=O)N2CCCCC2)CC1. The molecule has 104 valence electrons. The summed E-state index contributed by atoms with van der Waals surface area (Å²) in [5, 5.41) is 3.41. The van der Waals surface area contributed by atoms with E-state index in [0.717, 1.165) is 58.0 Å². The lowest BCUT2D eigenvalue weighted by Gasteiger charge is -2.37. The summed E-state index contributed by atoms with van der Waals surface area (Å²) in [4.78, 5) is 16.4. The monoisotopic (exact) mass is 253 g/mol. The van der Waals surface area contributed by atoms with Crippen LogP contribution in [-0.2, 0) is 0 Å². The fourth-order valence-corrected chi connectivity index (χ4v) is 2.96. The van der Waals surface area contributed by atoms with Crippen LogP contribution in [0.3, 0.4) is 0 Å². The molecule has 4 nitrogen and oxygen atoms in total. The van der Waals surface area contributed by atoms with E-state index in [0.29, 0.717) is 0 Å². The second-order valence-electron chi connectivity index (χ2n) is 5.57. The Kier molecular flexibility index (Phi) is 5.29. The van der Waals surface area contributed by atoms with E-state index in [2.05, 4.69) is 17.1 Å². The summed E-state index contributed by atoms with van der Waals surface area (Å²) in [6.45, 7) is 8.15. The normalized spacial score (nSPS) is 22.3. The molecule has 0 unspecified atom stereocenters. The minimum absolute atomic E-state index is 0.289. The van der Waals surface area contributed by atoms with Crippen LogP contribution >= 0.6 is 0 Å². The van der Waals surface area contributed by atoms with Crippen LogP contribution in [-0.4, -0.2) is 55.1 Å². The highest BCUT2D eigenvalue weighted by Crippen LogP contribution is 2.19. The lowest BCUT2D eigenvalue weighted by molar-refractivity contribution is 0.125. The first-order chi connectivity index (χ1) is 8.81. The Morgan fingerprint density at radius 1 is 1.06 bits per heavy atom. The zero-order valence-electron chi connectivity index (χ0n) is 11.7. The zero-order chi connectivity index (χ0) is 12.8. The van der Waals surface area contributed by atoms with Crippen molar-refractivity contribution in [1.82, 2.24) is 15.1 Å². The second-order valence-corrected chi connectivity index (χ2v) is 5.57. The minimum Gasteiger partial charge on any atom is -0.325 e. The summed E-state index contributed by atoms with van der Waals surface area (Å²) >= 11 is 0. The summed E-state index contributed by atoms with van der Waals surface area (Å²) in [6, 6.07) is 0.289.